The monoisotopic (exact) mass is 788 g/mol. The molecule has 0 aromatic heterocycles. The smallest absolute Gasteiger partial charge is 0.343 e. The van der Waals surface area contributed by atoms with Gasteiger partial charge in [-0.05, 0) is 96.8 Å². The SMILES string of the molecule is C=CC(=O)OCCCCOc1ccc(C(=O)Oc2ccc(/C=C/C(=O)O[C@H]3COC4C3OC[C@H]4OC(=O)/C=C/c3ccc(OC(=O)c4ccccc4)cc3)cc2)cc1. The van der Waals surface area contributed by atoms with Gasteiger partial charge in [-0.15, -0.1) is 0 Å². The molecular formula is C45H40O13. The fraction of sp³-hybridized carbons (Fsp3) is 0.222. The maximum atomic E-state index is 12.7. The molecule has 0 amide bonds. The minimum atomic E-state index is -0.695. The first kappa shape index (κ1) is 40.8. The Morgan fingerprint density at radius 3 is 1.53 bits per heavy atom. The van der Waals surface area contributed by atoms with Crippen molar-refractivity contribution >= 4 is 42.0 Å². The Bertz CT molecular complexity index is 2110. The quantitative estimate of drug-likeness (QED) is 0.0383. The predicted molar refractivity (Wildman–Crippen MR) is 209 cm³/mol. The van der Waals surface area contributed by atoms with Crippen molar-refractivity contribution in [2.24, 2.45) is 0 Å². The van der Waals surface area contributed by atoms with Gasteiger partial charge in [-0.25, -0.2) is 24.0 Å². The number of hydrogen-bond acceptors (Lipinski definition) is 13. The lowest BCUT2D eigenvalue weighted by Gasteiger charge is -2.16. The summed E-state index contributed by atoms with van der Waals surface area (Å²) in [6.07, 6.45) is 5.55. The third-order valence-electron chi connectivity index (χ3n) is 8.82. The summed E-state index contributed by atoms with van der Waals surface area (Å²) in [7, 11) is 0. The molecule has 0 bridgehead atoms. The largest absolute Gasteiger partial charge is 0.494 e. The number of carbonyl (C=O) groups is 5. The van der Waals surface area contributed by atoms with E-state index < -0.39 is 54.3 Å². The van der Waals surface area contributed by atoms with Crippen molar-refractivity contribution in [1.82, 2.24) is 0 Å². The van der Waals surface area contributed by atoms with E-state index in [9.17, 15) is 24.0 Å². The van der Waals surface area contributed by atoms with Gasteiger partial charge >= 0.3 is 29.8 Å². The lowest BCUT2D eigenvalue weighted by molar-refractivity contribution is -0.149. The molecule has 298 valence electrons. The lowest BCUT2D eigenvalue weighted by atomic mass is 10.1. The van der Waals surface area contributed by atoms with E-state index in [0.717, 1.165) is 6.08 Å². The summed E-state index contributed by atoms with van der Waals surface area (Å²) in [5.41, 5.74) is 2.13. The standard InChI is InChI=1S/C45H40O13/c1-2-39(46)52-27-7-6-26-51-34-22-16-33(17-23-34)45(50)56-36-20-12-31(13-21-36)15-25-41(48)58-38-29-54-42-37(28-53-43(38)42)57-40(47)24-14-30-10-18-35(19-11-30)55-44(49)32-8-4-3-5-9-32/h2-5,8-25,37-38,42-43H,1,6-7,26-29H2/b24-14+,25-15+/t37-,38+,42?,43?/m1/s1. The minimum Gasteiger partial charge on any atom is -0.494 e. The molecule has 6 rings (SSSR count). The topological polar surface area (TPSA) is 159 Å². The van der Waals surface area contributed by atoms with Gasteiger partial charge in [0.1, 0.15) is 29.5 Å². The Morgan fingerprint density at radius 1 is 0.569 bits per heavy atom. The highest BCUT2D eigenvalue weighted by atomic mass is 16.7. The maximum absolute atomic E-state index is 12.7. The molecule has 0 radical (unpaired) electrons. The van der Waals surface area contributed by atoms with Crippen molar-refractivity contribution in [3.8, 4) is 17.2 Å². The van der Waals surface area contributed by atoms with Gasteiger partial charge in [-0.1, -0.05) is 49.0 Å². The molecule has 13 heteroatoms. The van der Waals surface area contributed by atoms with Crippen LogP contribution >= 0.6 is 0 Å². The second kappa shape index (κ2) is 20.4. The van der Waals surface area contributed by atoms with Crippen molar-refractivity contribution in [1.29, 1.82) is 0 Å². The first-order valence-corrected chi connectivity index (χ1v) is 18.5. The van der Waals surface area contributed by atoms with Crippen LogP contribution in [0.15, 0.2) is 128 Å². The Balaban J connectivity index is 0.887. The van der Waals surface area contributed by atoms with Crippen LogP contribution in [0, 0.1) is 0 Å². The summed E-state index contributed by atoms with van der Waals surface area (Å²) < 4.78 is 44.2. The third-order valence-corrected chi connectivity index (χ3v) is 8.82. The Labute approximate surface area is 334 Å². The molecule has 0 saturated carbocycles. The molecular weight excluding hydrogens is 748 g/mol. The summed E-state index contributed by atoms with van der Waals surface area (Å²) in [6.45, 7) is 4.22. The molecule has 2 unspecified atom stereocenters. The van der Waals surface area contributed by atoms with Crippen LogP contribution in [0.25, 0.3) is 12.2 Å². The molecule has 0 N–H and O–H groups in total. The molecule has 2 saturated heterocycles. The molecule has 4 aromatic carbocycles. The second-order valence-electron chi connectivity index (χ2n) is 12.9. The second-order valence-corrected chi connectivity index (χ2v) is 12.9. The number of carbonyl (C=O) groups excluding carboxylic acids is 5. The third kappa shape index (κ3) is 11.8. The van der Waals surface area contributed by atoms with Crippen LogP contribution in [-0.4, -0.2) is 80.7 Å². The highest BCUT2D eigenvalue weighted by Crippen LogP contribution is 2.31. The van der Waals surface area contributed by atoms with Crippen molar-refractivity contribution in [2.75, 3.05) is 26.4 Å². The fourth-order valence-electron chi connectivity index (χ4n) is 5.85. The van der Waals surface area contributed by atoms with E-state index in [1.165, 1.54) is 12.2 Å². The number of rotatable bonds is 17. The number of ether oxygens (including phenoxy) is 8. The molecule has 2 aliphatic heterocycles. The first-order chi connectivity index (χ1) is 28.2. The van der Waals surface area contributed by atoms with Crippen molar-refractivity contribution in [3.63, 3.8) is 0 Å². The number of unbranched alkanes of at least 4 members (excludes halogenated alkanes) is 1. The highest BCUT2D eigenvalue weighted by molar-refractivity contribution is 5.92. The summed E-state index contributed by atoms with van der Waals surface area (Å²) >= 11 is 0. The van der Waals surface area contributed by atoms with Gasteiger partial charge in [-0.2, -0.15) is 0 Å². The Kier molecular flexibility index (Phi) is 14.3. The molecule has 4 aromatic rings. The number of esters is 5. The lowest BCUT2D eigenvalue weighted by Crippen LogP contribution is -2.35. The van der Waals surface area contributed by atoms with Crippen LogP contribution in [0.2, 0.25) is 0 Å². The van der Waals surface area contributed by atoms with E-state index in [1.807, 2.05) is 6.07 Å². The molecule has 13 nitrogen and oxygen atoms in total. The zero-order valence-electron chi connectivity index (χ0n) is 31.3. The molecule has 4 atom stereocenters. The van der Waals surface area contributed by atoms with Crippen LogP contribution in [0.3, 0.4) is 0 Å². The normalized spacial score (nSPS) is 18.3. The molecule has 0 spiro atoms. The van der Waals surface area contributed by atoms with E-state index in [-0.39, 0.29) is 13.2 Å². The van der Waals surface area contributed by atoms with Gasteiger partial charge in [0.15, 0.2) is 12.2 Å². The molecule has 2 fully saturated rings. The van der Waals surface area contributed by atoms with Gasteiger partial charge in [0.25, 0.3) is 0 Å². The van der Waals surface area contributed by atoms with Gasteiger partial charge < -0.3 is 37.9 Å². The molecule has 0 aliphatic carbocycles. The summed E-state index contributed by atoms with van der Waals surface area (Å²) in [6, 6.07) is 28.4. The Morgan fingerprint density at radius 2 is 1.03 bits per heavy atom. The van der Waals surface area contributed by atoms with Crippen LogP contribution in [0.4, 0.5) is 0 Å². The fourth-order valence-corrected chi connectivity index (χ4v) is 5.85. The average molecular weight is 789 g/mol. The molecule has 58 heavy (non-hydrogen) atoms. The highest BCUT2D eigenvalue weighted by Gasteiger charge is 2.51. The number of benzene rings is 4. The summed E-state index contributed by atoms with van der Waals surface area (Å²) in [4.78, 5) is 61.2. The Hall–Kier alpha value is -6.83. The van der Waals surface area contributed by atoms with E-state index in [1.54, 1.807) is 109 Å². The predicted octanol–water partition coefficient (Wildman–Crippen LogP) is 6.36. The van der Waals surface area contributed by atoms with Gasteiger partial charge in [0, 0.05) is 18.2 Å². The van der Waals surface area contributed by atoms with Crippen LogP contribution in [-0.2, 0) is 38.1 Å². The number of hydrogen-bond donors (Lipinski definition) is 0. The molecule has 2 heterocycles. The van der Waals surface area contributed by atoms with Gasteiger partial charge in [0.2, 0.25) is 0 Å². The first-order valence-electron chi connectivity index (χ1n) is 18.5. The van der Waals surface area contributed by atoms with Crippen molar-refractivity contribution < 1.29 is 61.9 Å². The van der Waals surface area contributed by atoms with Crippen molar-refractivity contribution in [3.05, 3.63) is 150 Å². The van der Waals surface area contributed by atoms with E-state index in [4.69, 9.17) is 37.9 Å². The van der Waals surface area contributed by atoms with E-state index in [0.29, 0.717) is 65.6 Å². The average Bonchev–Trinajstić information content (AvgIpc) is 3.84. The van der Waals surface area contributed by atoms with Gasteiger partial charge in [0.05, 0.1) is 37.6 Å². The number of fused-ring (bicyclic) bond motifs is 1. The van der Waals surface area contributed by atoms with Gasteiger partial charge in [-0.3, -0.25) is 0 Å². The van der Waals surface area contributed by atoms with Crippen LogP contribution in [0.1, 0.15) is 44.7 Å². The van der Waals surface area contributed by atoms with Crippen LogP contribution < -0.4 is 14.2 Å². The summed E-state index contributed by atoms with van der Waals surface area (Å²) in [5.74, 6) is -1.41. The van der Waals surface area contributed by atoms with Crippen LogP contribution in [0.5, 0.6) is 17.2 Å². The van der Waals surface area contributed by atoms with E-state index >= 15 is 0 Å². The summed E-state index contributed by atoms with van der Waals surface area (Å²) in [5, 5.41) is 0. The van der Waals surface area contributed by atoms with E-state index in [2.05, 4.69) is 6.58 Å². The minimum absolute atomic E-state index is 0.0758. The molecule has 2 aliphatic rings. The zero-order chi connectivity index (χ0) is 40.7. The maximum Gasteiger partial charge on any atom is 0.343 e. The van der Waals surface area contributed by atoms with Crippen molar-refractivity contribution in [2.45, 2.75) is 37.3 Å². The zero-order valence-corrected chi connectivity index (χ0v) is 31.3.